The summed E-state index contributed by atoms with van der Waals surface area (Å²) in [7, 11) is 0. The van der Waals surface area contributed by atoms with Crippen molar-refractivity contribution in [2.24, 2.45) is 0 Å². The number of anilines is 2. The number of carbonyl (C=O) groups is 1. The number of nitrogens with zero attached hydrogens (tertiary/aromatic N) is 4. The first-order valence-electron chi connectivity index (χ1n) is 9.63. The van der Waals surface area contributed by atoms with Gasteiger partial charge in [-0.1, -0.05) is 29.8 Å². The number of para-hydroxylation sites is 2. The summed E-state index contributed by atoms with van der Waals surface area (Å²) in [5.41, 5.74) is 1.02. The summed E-state index contributed by atoms with van der Waals surface area (Å²) < 4.78 is 40.9. The molecule has 0 saturated carbocycles. The minimum Gasteiger partial charge on any atom is -0.351 e. The lowest BCUT2D eigenvalue weighted by molar-refractivity contribution is -0.140. The lowest BCUT2D eigenvalue weighted by atomic mass is 10.2. The maximum absolute atomic E-state index is 13.6. The van der Waals surface area contributed by atoms with Crippen molar-refractivity contribution >= 4 is 40.2 Å². The molecular formula is C21H19ClF3N5O. The molecule has 0 spiro atoms. The highest BCUT2D eigenvalue weighted by Crippen LogP contribution is 2.35. The lowest BCUT2D eigenvalue weighted by Gasteiger charge is -2.36. The van der Waals surface area contributed by atoms with Gasteiger partial charge in [-0.2, -0.15) is 13.2 Å². The molecule has 0 unspecified atom stereocenters. The number of hydrogen-bond donors (Lipinski definition) is 1. The number of hydrogen-bond acceptors (Lipinski definition) is 4. The van der Waals surface area contributed by atoms with Crippen LogP contribution >= 0.6 is 11.6 Å². The summed E-state index contributed by atoms with van der Waals surface area (Å²) in [5, 5.41) is 3.31. The highest BCUT2D eigenvalue weighted by atomic mass is 35.5. The highest BCUT2D eigenvalue weighted by Gasteiger charge is 2.39. The number of benzene rings is 2. The molecule has 1 aliphatic heterocycles. The predicted octanol–water partition coefficient (Wildman–Crippen LogP) is 4.96. The van der Waals surface area contributed by atoms with E-state index in [1.165, 1.54) is 11.0 Å². The van der Waals surface area contributed by atoms with Crippen LogP contribution in [0.4, 0.5) is 29.5 Å². The Kier molecular flexibility index (Phi) is 5.62. The molecule has 3 aromatic rings. The maximum Gasteiger partial charge on any atom is 0.437 e. The third-order valence-electron chi connectivity index (χ3n) is 5.13. The van der Waals surface area contributed by atoms with Crippen LogP contribution in [0.15, 0.2) is 42.5 Å². The van der Waals surface area contributed by atoms with Crippen molar-refractivity contribution < 1.29 is 18.0 Å². The van der Waals surface area contributed by atoms with Gasteiger partial charge in [0, 0.05) is 36.9 Å². The van der Waals surface area contributed by atoms with Gasteiger partial charge in [-0.25, -0.2) is 14.8 Å². The molecule has 162 valence electrons. The van der Waals surface area contributed by atoms with Gasteiger partial charge in [-0.15, -0.1) is 0 Å². The van der Waals surface area contributed by atoms with Crippen molar-refractivity contribution in [3.63, 3.8) is 0 Å². The minimum atomic E-state index is -4.63. The second kappa shape index (κ2) is 8.22. The highest BCUT2D eigenvalue weighted by molar-refractivity contribution is 6.31. The molecular weight excluding hydrogens is 431 g/mol. The summed E-state index contributed by atoms with van der Waals surface area (Å²) in [5.74, 6) is -0.211. The fourth-order valence-corrected chi connectivity index (χ4v) is 3.62. The molecule has 1 saturated heterocycles. The largest absolute Gasteiger partial charge is 0.437 e. The van der Waals surface area contributed by atoms with E-state index in [0.29, 0.717) is 16.2 Å². The summed E-state index contributed by atoms with van der Waals surface area (Å²) >= 11 is 5.99. The average Bonchev–Trinajstić information content (AvgIpc) is 2.75. The zero-order valence-corrected chi connectivity index (χ0v) is 17.3. The second-order valence-electron chi connectivity index (χ2n) is 7.25. The Morgan fingerprint density at radius 1 is 1.03 bits per heavy atom. The van der Waals surface area contributed by atoms with Gasteiger partial charge in [0.25, 0.3) is 0 Å². The number of aryl methyl sites for hydroxylation is 1. The van der Waals surface area contributed by atoms with E-state index in [1.807, 2.05) is 6.92 Å². The maximum atomic E-state index is 13.6. The topological polar surface area (TPSA) is 61.4 Å². The molecule has 0 bridgehead atoms. The van der Waals surface area contributed by atoms with Gasteiger partial charge in [0.2, 0.25) is 0 Å². The van der Waals surface area contributed by atoms with Gasteiger partial charge in [-0.3, -0.25) is 0 Å². The van der Waals surface area contributed by atoms with Gasteiger partial charge in [0.1, 0.15) is 0 Å². The van der Waals surface area contributed by atoms with E-state index in [2.05, 4.69) is 15.3 Å². The smallest absolute Gasteiger partial charge is 0.351 e. The number of piperazine rings is 1. The number of alkyl halides is 3. The monoisotopic (exact) mass is 449 g/mol. The molecule has 10 heteroatoms. The quantitative estimate of drug-likeness (QED) is 0.600. The number of rotatable bonds is 2. The van der Waals surface area contributed by atoms with Crippen molar-refractivity contribution in [1.29, 1.82) is 0 Å². The fourth-order valence-electron chi connectivity index (χ4n) is 3.45. The van der Waals surface area contributed by atoms with Crippen molar-refractivity contribution in [2.75, 3.05) is 36.4 Å². The fraction of sp³-hybridized carbons (Fsp3) is 0.286. The Balaban J connectivity index is 1.51. The van der Waals surface area contributed by atoms with E-state index in [-0.39, 0.29) is 43.5 Å². The Hall–Kier alpha value is -3.07. The molecule has 0 atom stereocenters. The molecule has 2 amide bonds. The molecule has 4 rings (SSSR count). The van der Waals surface area contributed by atoms with Crippen LogP contribution in [-0.2, 0) is 6.18 Å². The number of aromatic nitrogens is 2. The number of fused-ring (bicyclic) bond motifs is 1. The molecule has 6 nitrogen and oxygen atoms in total. The SMILES string of the molecule is Cc1ccc(Cl)cc1NC(=O)N1CCN(c2nc3ccccc3nc2C(F)(F)F)CC1. The van der Waals surface area contributed by atoms with Crippen LogP contribution in [0.1, 0.15) is 11.3 Å². The summed E-state index contributed by atoms with van der Waals surface area (Å²) in [6.07, 6.45) is -4.63. The van der Waals surface area contributed by atoms with Crippen molar-refractivity contribution in [2.45, 2.75) is 13.1 Å². The zero-order chi connectivity index (χ0) is 22.2. The van der Waals surface area contributed by atoms with Crippen LogP contribution in [0.5, 0.6) is 0 Å². The third kappa shape index (κ3) is 4.51. The second-order valence-corrected chi connectivity index (χ2v) is 7.68. The molecule has 31 heavy (non-hydrogen) atoms. The van der Waals surface area contributed by atoms with E-state index in [0.717, 1.165) is 5.56 Å². The van der Waals surface area contributed by atoms with Crippen molar-refractivity contribution in [3.05, 3.63) is 58.7 Å². The molecule has 2 heterocycles. The third-order valence-corrected chi connectivity index (χ3v) is 5.36. The van der Waals surface area contributed by atoms with Gasteiger partial charge in [0.05, 0.1) is 11.0 Å². The Bertz CT molecular complexity index is 1130. The van der Waals surface area contributed by atoms with Crippen LogP contribution in [0.3, 0.4) is 0 Å². The number of halogens is 4. The molecule has 0 aliphatic carbocycles. The van der Waals surface area contributed by atoms with E-state index >= 15 is 0 Å². The number of carbonyl (C=O) groups excluding carboxylic acids is 1. The summed E-state index contributed by atoms with van der Waals surface area (Å²) in [4.78, 5) is 23.7. The van der Waals surface area contributed by atoms with Gasteiger partial charge in [0.15, 0.2) is 11.5 Å². The minimum absolute atomic E-state index is 0.188. The van der Waals surface area contributed by atoms with Crippen LogP contribution in [0, 0.1) is 6.92 Å². The van der Waals surface area contributed by atoms with E-state index < -0.39 is 11.9 Å². The first kappa shape index (κ1) is 21.2. The standard InChI is InChI=1S/C21H19ClF3N5O/c1-13-6-7-14(22)12-17(13)28-20(31)30-10-8-29(9-11-30)19-18(21(23,24)25)26-15-4-2-3-5-16(15)27-19/h2-7,12H,8-11H2,1H3,(H,28,31). The van der Waals surface area contributed by atoms with Crippen molar-refractivity contribution in [1.82, 2.24) is 14.9 Å². The average molecular weight is 450 g/mol. The van der Waals surface area contributed by atoms with Crippen LogP contribution in [0.2, 0.25) is 5.02 Å². The molecule has 1 N–H and O–H groups in total. The lowest BCUT2D eigenvalue weighted by Crippen LogP contribution is -2.50. The molecule has 2 aromatic carbocycles. The molecule has 0 radical (unpaired) electrons. The van der Waals surface area contributed by atoms with E-state index in [4.69, 9.17) is 11.6 Å². The Morgan fingerprint density at radius 2 is 1.68 bits per heavy atom. The number of amides is 2. The molecule has 1 aliphatic rings. The molecule has 1 fully saturated rings. The zero-order valence-electron chi connectivity index (χ0n) is 16.6. The Labute approximate surface area is 181 Å². The summed E-state index contributed by atoms with van der Waals surface area (Å²) in [6.45, 7) is 2.76. The van der Waals surface area contributed by atoms with E-state index in [1.54, 1.807) is 41.3 Å². The number of urea groups is 1. The summed E-state index contributed by atoms with van der Waals surface area (Å²) in [6, 6.07) is 11.3. The van der Waals surface area contributed by atoms with Crippen LogP contribution in [-0.4, -0.2) is 47.1 Å². The first-order chi connectivity index (χ1) is 14.7. The predicted molar refractivity (Wildman–Crippen MR) is 114 cm³/mol. The first-order valence-corrected chi connectivity index (χ1v) is 10.0. The van der Waals surface area contributed by atoms with Crippen LogP contribution in [0.25, 0.3) is 11.0 Å². The van der Waals surface area contributed by atoms with Gasteiger partial charge >= 0.3 is 12.2 Å². The van der Waals surface area contributed by atoms with Gasteiger partial charge in [-0.05, 0) is 36.8 Å². The van der Waals surface area contributed by atoms with E-state index in [9.17, 15) is 18.0 Å². The Morgan fingerprint density at radius 3 is 2.32 bits per heavy atom. The normalized spacial score (nSPS) is 14.7. The van der Waals surface area contributed by atoms with Gasteiger partial charge < -0.3 is 15.1 Å². The molecule has 1 aromatic heterocycles. The van der Waals surface area contributed by atoms with Crippen molar-refractivity contribution in [3.8, 4) is 0 Å². The van der Waals surface area contributed by atoms with Crippen LogP contribution < -0.4 is 10.2 Å². The number of nitrogens with one attached hydrogen (secondary N) is 1.